The standard InChI is InChI=1S/C21H21NO2/c1-15(2)24-20-11-9-18(10-12-20)21(23)22-14-16-7-8-17-5-3-4-6-19(17)13-16/h3-13,15H,14H2,1-2H3,(H,22,23). The number of carbonyl (C=O) groups is 1. The van der Waals surface area contributed by atoms with Crippen LogP contribution in [-0.2, 0) is 6.54 Å². The van der Waals surface area contributed by atoms with Crippen molar-refractivity contribution in [3.63, 3.8) is 0 Å². The minimum absolute atomic E-state index is 0.0840. The Morgan fingerprint density at radius 3 is 2.38 bits per heavy atom. The molecule has 0 aliphatic carbocycles. The van der Waals surface area contributed by atoms with Crippen molar-refractivity contribution in [1.29, 1.82) is 0 Å². The van der Waals surface area contributed by atoms with Gasteiger partial charge in [0, 0.05) is 12.1 Å². The summed E-state index contributed by atoms with van der Waals surface area (Å²) in [6.07, 6.45) is 0.123. The molecule has 122 valence electrons. The van der Waals surface area contributed by atoms with Gasteiger partial charge in [0.05, 0.1) is 6.10 Å². The lowest BCUT2D eigenvalue weighted by atomic mass is 10.1. The lowest BCUT2D eigenvalue weighted by Crippen LogP contribution is -2.22. The molecule has 0 bridgehead atoms. The van der Waals surface area contributed by atoms with Crippen molar-refractivity contribution in [3.8, 4) is 5.75 Å². The number of ether oxygens (including phenoxy) is 1. The molecule has 0 saturated heterocycles. The van der Waals surface area contributed by atoms with Crippen molar-refractivity contribution >= 4 is 16.7 Å². The van der Waals surface area contributed by atoms with Gasteiger partial charge in [-0.25, -0.2) is 0 Å². The second-order valence-electron chi connectivity index (χ2n) is 6.06. The predicted molar refractivity (Wildman–Crippen MR) is 97.3 cm³/mol. The zero-order valence-corrected chi connectivity index (χ0v) is 14.0. The van der Waals surface area contributed by atoms with Crippen molar-refractivity contribution in [2.45, 2.75) is 26.5 Å². The summed E-state index contributed by atoms with van der Waals surface area (Å²) in [6, 6.07) is 21.7. The molecule has 0 heterocycles. The third-order valence-electron chi connectivity index (χ3n) is 3.76. The first-order chi connectivity index (χ1) is 11.6. The van der Waals surface area contributed by atoms with Crippen molar-refractivity contribution in [3.05, 3.63) is 77.9 Å². The Balaban J connectivity index is 1.63. The highest BCUT2D eigenvalue weighted by Gasteiger charge is 2.06. The monoisotopic (exact) mass is 319 g/mol. The highest BCUT2D eigenvalue weighted by atomic mass is 16.5. The fourth-order valence-electron chi connectivity index (χ4n) is 2.59. The van der Waals surface area contributed by atoms with Gasteiger partial charge in [0.25, 0.3) is 5.91 Å². The number of fused-ring (bicyclic) bond motifs is 1. The summed E-state index contributed by atoms with van der Waals surface area (Å²) in [5.74, 6) is 0.690. The van der Waals surface area contributed by atoms with Gasteiger partial charge in [0.2, 0.25) is 0 Å². The molecular formula is C21H21NO2. The van der Waals surface area contributed by atoms with Gasteiger partial charge >= 0.3 is 0 Å². The summed E-state index contributed by atoms with van der Waals surface area (Å²) in [6.45, 7) is 4.46. The van der Waals surface area contributed by atoms with Crippen LogP contribution in [0.2, 0.25) is 0 Å². The molecule has 24 heavy (non-hydrogen) atoms. The minimum atomic E-state index is -0.0840. The fraction of sp³-hybridized carbons (Fsp3) is 0.190. The smallest absolute Gasteiger partial charge is 0.251 e. The topological polar surface area (TPSA) is 38.3 Å². The van der Waals surface area contributed by atoms with Crippen LogP contribution < -0.4 is 10.1 Å². The molecule has 0 spiro atoms. The molecular weight excluding hydrogens is 298 g/mol. The van der Waals surface area contributed by atoms with Crippen LogP contribution in [-0.4, -0.2) is 12.0 Å². The molecule has 0 saturated carbocycles. The molecule has 0 radical (unpaired) electrons. The van der Waals surface area contributed by atoms with Crippen LogP contribution in [0.5, 0.6) is 5.75 Å². The SMILES string of the molecule is CC(C)Oc1ccc(C(=O)NCc2ccc3ccccc3c2)cc1. The maximum atomic E-state index is 12.3. The van der Waals surface area contributed by atoms with E-state index in [0.717, 1.165) is 11.3 Å². The number of carbonyl (C=O) groups excluding carboxylic acids is 1. The number of hydrogen-bond donors (Lipinski definition) is 1. The highest BCUT2D eigenvalue weighted by molar-refractivity contribution is 5.94. The Labute approximate surface area is 142 Å². The van der Waals surface area contributed by atoms with Gasteiger partial charge in [-0.05, 0) is 60.5 Å². The zero-order chi connectivity index (χ0) is 16.9. The Morgan fingerprint density at radius 2 is 1.67 bits per heavy atom. The summed E-state index contributed by atoms with van der Waals surface area (Å²) in [4.78, 5) is 12.3. The van der Waals surface area contributed by atoms with Crippen molar-refractivity contribution in [1.82, 2.24) is 5.32 Å². The minimum Gasteiger partial charge on any atom is -0.491 e. The number of amides is 1. The van der Waals surface area contributed by atoms with Gasteiger partial charge in [-0.15, -0.1) is 0 Å². The van der Waals surface area contributed by atoms with Gasteiger partial charge < -0.3 is 10.1 Å². The second-order valence-corrected chi connectivity index (χ2v) is 6.06. The summed E-state index contributed by atoms with van der Waals surface area (Å²) < 4.78 is 5.59. The fourth-order valence-corrected chi connectivity index (χ4v) is 2.59. The maximum Gasteiger partial charge on any atom is 0.251 e. The molecule has 0 aromatic heterocycles. The Bertz CT molecular complexity index is 838. The van der Waals surface area contributed by atoms with E-state index >= 15 is 0 Å². The van der Waals surface area contributed by atoms with E-state index in [1.54, 1.807) is 12.1 Å². The zero-order valence-electron chi connectivity index (χ0n) is 14.0. The van der Waals surface area contributed by atoms with Crippen LogP contribution in [0.15, 0.2) is 66.7 Å². The Hall–Kier alpha value is -2.81. The number of nitrogens with one attached hydrogen (secondary N) is 1. The predicted octanol–water partition coefficient (Wildman–Crippen LogP) is 4.56. The Morgan fingerprint density at radius 1 is 0.958 bits per heavy atom. The third-order valence-corrected chi connectivity index (χ3v) is 3.76. The number of rotatable bonds is 5. The van der Waals surface area contributed by atoms with E-state index in [4.69, 9.17) is 4.74 Å². The lowest BCUT2D eigenvalue weighted by molar-refractivity contribution is 0.0951. The quantitative estimate of drug-likeness (QED) is 0.749. The van der Waals surface area contributed by atoms with Crippen LogP contribution >= 0.6 is 0 Å². The lowest BCUT2D eigenvalue weighted by Gasteiger charge is -2.10. The average Bonchev–Trinajstić information content (AvgIpc) is 2.59. The van der Waals surface area contributed by atoms with Gasteiger partial charge in [-0.2, -0.15) is 0 Å². The van der Waals surface area contributed by atoms with Gasteiger partial charge in [0.1, 0.15) is 5.75 Å². The Kier molecular flexibility index (Phi) is 4.80. The molecule has 0 atom stereocenters. The largest absolute Gasteiger partial charge is 0.491 e. The molecule has 1 N–H and O–H groups in total. The van der Waals surface area contributed by atoms with E-state index < -0.39 is 0 Å². The number of benzene rings is 3. The molecule has 3 nitrogen and oxygen atoms in total. The van der Waals surface area contributed by atoms with Gasteiger partial charge in [-0.1, -0.05) is 36.4 Å². The van der Waals surface area contributed by atoms with Crippen LogP contribution in [0.4, 0.5) is 0 Å². The van der Waals surface area contributed by atoms with E-state index in [1.165, 1.54) is 10.8 Å². The van der Waals surface area contributed by atoms with Gasteiger partial charge in [0.15, 0.2) is 0 Å². The maximum absolute atomic E-state index is 12.3. The molecule has 1 amide bonds. The summed E-state index contributed by atoms with van der Waals surface area (Å²) in [7, 11) is 0. The van der Waals surface area contributed by atoms with Crippen LogP contribution in [0, 0.1) is 0 Å². The van der Waals surface area contributed by atoms with Crippen LogP contribution in [0.1, 0.15) is 29.8 Å². The first kappa shape index (κ1) is 16.1. The van der Waals surface area contributed by atoms with Crippen molar-refractivity contribution in [2.75, 3.05) is 0 Å². The van der Waals surface area contributed by atoms with E-state index in [-0.39, 0.29) is 12.0 Å². The van der Waals surface area contributed by atoms with Gasteiger partial charge in [-0.3, -0.25) is 4.79 Å². The molecule has 0 aliphatic rings. The van der Waals surface area contributed by atoms with Crippen molar-refractivity contribution < 1.29 is 9.53 Å². The summed E-state index contributed by atoms with van der Waals surface area (Å²) >= 11 is 0. The molecule has 3 rings (SSSR count). The highest BCUT2D eigenvalue weighted by Crippen LogP contribution is 2.16. The molecule has 3 aromatic rings. The molecule has 3 heteroatoms. The molecule has 0 unspecified atom stereocenters. The van der Waals surface area contributed by atoms with E-state index in [0.29, 0.717) is 12.1 Å². The summed E-state index contributed by atoms with van der Waals surface area (Å²) in [5, 5.41) is 5.34. The third kappa shape index (κ3) is 3.93. The second kappa shape index (κ2) is 7.18. The van der Waals surface area contributed by atoms with Crippen molar-refractivity contribution in [2.24, 2.45) is 0 Å². The first-order valence-corrected chi connectivity index (χ1v) is 8.14. The van der Waals surface area contributed by atoms with Crippen LogP contribution in [0.25, 0.3) is 10.8 Å². The first-order valence-electron chi connectivity index (χ1n) is 8.14. The molecule has 0 fully saturated rings. The molecule has 3 aromatic carbocycles. The summed E-state index contributed by atoms with van der Waals surface area (Å²) in [5.41, 5.74) is 1.72. The van der Waals surface area contributed by atoms with Crippen LogP contribution in [0.3, 0.4) is 0 Å². The average molecular weight is 319 g/mol. The van der Waals surface area contributed by atoms with E-state index in [1.807, 2.05) is 44.2 Å². The van der Waals surface area contributed by atoms with E-state index in [9.17, 15) is 4.79 Å². The van der Waals surface area contributed by atoms with E-state index in [2.05, 4.69) is 29.6 Å². The normalized spacial score (nSPS) is 10.8. The number of hydrogen-bond acceptors (Lipinski definition) is 2. The molecule has 0 aliphatic heterocycles.